The summed E-state index contributed by atoms with van der Waals surface area (Å²) in [5.74, 6) is 0.720. The van der Waals surface area contributed by atoms with E-state index in [0.29, 0.717) is 24.6 Å². The molecule has 1 unspecified atom stereocenters. The number of hydrogen-bond acceptors (Lipinski definition) is 3. The fourth-order valence-corrected chi connectivity index (χ4v) is 3.05. The van der Waals surface area contributed by atoms with E-state index < -0.39 is 0 Å². The quantitative estimate of drug-likeness (QED) is 0.851. The Morgan fingerprint density at radius 2 is 1.88 bits per heavy atom. The number of nitrogens with zero attached hydrogens (tertiary/aromatic N) is 1. The Hall–Kier alpha value is -1.59. The number of piperidine rings is 1. The van der Waals surface area contributed by atoms with Crippen LogP contribution in [-0.4, -0.2) is 36.3 Å². The molecular weight excluding hydrogens is 326 g/mol. The van der Waals surface area contributed by atoms with Crippen molar-refractivity contribution in [2.24, 2.45) is 17.6 Å². The number of benzene rings is 1. The van der Waals surface area contributed by atoms with Crippen molar-refractivity contribution >= 4 is 24.2 Å². The largest absolute Gasteiger partial charge is 0.356 e. The molecule has 1 aromatic rings. The Kier molecular flexibility index (Phi) is 6.63. The highest BCUT2D eigenvalue weighted by molar-refractivity contribution is 5.94. The number of likely N-dealkylation sites (tertiary alicyclic amines) is 1. The topological polar surface area (TPSA) is 75.4 Å². The van der Waals surface area contributed by atoms with E-state index in [1.165, 1.54) is 12.8 Å². The summed E-state index contributed by atoms with van der Waals surface area (Å²) in [7, 11) is 0. The molecule has 0 bridgehead atoms. The molecule has 5 nitrogen and oxygen atoms in total. The zero-order valence-electron chi connectivity index (χ0n) is 13.9. The molecule has 1 atom stereocenters. The van der Waals surface area contributed by atoms with Gasteiger partial charge in [0.25, 0.3) is 5.91 Å². The minimum Gasteiger partial charge on any atom is -0.356 e. The average Bonchev–Trinajstić information content (AvgIpc) is 3.43. The Bertz CT molecular complexity index is 572. The first-order valence-electron chi connectivity index (χ1n) is 8.53. The molecule has 1 heterocycles. The van der Waals surface area contributed by atoms with Crippen LogP contribution in [0.15, 0.2) is 24.3 Å². The van der Waals surface area contributed by atoms with E-state index in [1.807, 2.05) is 29.2 Å². The van der Waals surface area contributed by atoms with E-state index >= 15 is 0 Å². The van der Waals surface area contributed by atoms with Crippen molar-refractivity contribution in [1.29, 1.82) is 0 Å². The summed E-state index contributed by atoms with van der Waals surface area (Å²) in [6.07, 6.45) is 4.21. The van der Waals surface area contributed by atoms with Gasteiger partial charge in [-0.15, -0.1) is 12.4 Å². The van der Waals surface area contributed by atoms with Crippen LogP contribution in [-0.2, 0) is 11.3 Å². The molecule has 0 radical (unpaired) electrons. The molecule has 1 aliphatic heterocycles. The van der Waals surface area contributed by atoms with Gasteiger partial charge in [-0.1, -0.05) is 12.1 Å². The number of amides is 2. The van der Waals surface area contributed by atoms with Crippen LogP contribution in [0.4, 0.5) is 0 Å². The summed E-state index contributed by atoms with van der Waals surface area (Å²) in [5, 5.41) is 3.04. The van der Waals surface area contributed by atoms with Gasteiger partial charge in [0.05, 0.1) is 5.92 Å². The van der Waals surface area contributed by atoms with Crippen LogP contribution in [0.3, 0.4) is 0 Å². The van der Waals surface area contributed by atoms with Crippen molar-refractivity contribution in [1.82, 2.24) is 10.2 Å². The van der Waals surface area contributed by atoms with Crippen LogP contribution < -0.4 is 11.1 Å². The molecule has 2 fully saturated rings. The number of nitrogens with one attached hydrogen (secondary N) is 1. The minimum absolute atomic E-state index is 0. The van der Waals surface area contributed by atoms with Gasteiger partial charge in [0.1, 0.15) is 0 Å². The third-order valence-corrected chi connectivity index (χ3v) is 4.78. The summed E-state index contributed by atoms with van der Waals surface area (Å²) < 4.78 is 0. The molecule has 24 heavy (non-hydrogen) atoms. The van der Waals surface area contributed by atoms with Gasteiger partial charge >= 0.3 is 0 Å². The van der Waals surface area contributed by atoms with Gasteiger partial charge < -0.3 is 16.0 Å². The molecule has 3 rings (SSSR count). The molecule has 1 saturated carbocycles. The molecule has 1 aromatic carbocycles. The maximum Gasteiger partial charge on any atom is 0.253 e. The van der Waals surface area contributed by atoms with Crippen molar-refractivity contribution in [3.8, 4) is 0 Å². The van der Waals surface area contributed by atoms with E-state index in [4.69, 9.17) is 5.73 Å². The second-order valence-electron chi connectivity index (χ2n) is 6.68. The standard InChI is InChI=1S/C18H25N3O2.ClH/c19-10-13-5-7-15(8-6-13)18(23)21-9-1-2-16(12-21)17(22)20-11-14-3-4-14;/h5-8,14,16H,1-4,9-12,19H2,(H,20,22);1H. The van der Waals surface area contributed by atoms with Gasteiger partial charge in [0.2, 0.25) is 5.91 Å². The lowest BCUT2D eigenvalue weighted by atomic mass is 9.96. The predicted molar refractivity (Wildman–Crippen MR) is 95.9 cm³/mol. The summed E-state index contributed by atoms with van der Waals surface area (Å²) in [6.45, 7) is 2.52. The van der Waals surface area contributed by atoms with Gasteiger partial charge in [-0.05, 0) is 49.3 Å². The van der Waals surface area contributed by atoms with Crippen LogP contribution >= 0.6 is 12.4 Å². The molecule has 6 heteroatoms. The van der Waals surface area contributed by atoms with Crippen molar-refractivity contribution in [3.05, 3.63) is 35.4 Å². The van der Waals surface area contributed by atoms with Crippen LogP contribution in [0, 0.1) is 11.8 Å². The first-order chi connectivity index (χ1) is 11.2. The lowest BCUT2D eigenvalue weighted by Gasteiger charge is -2.32. The molecular formula is C18H26ClN3O2. The van der Waals surface area contributed by atoms with Crippen LogP contribution in [0.5, 0.6) is 0 Å². The van der Waals surface area contributed by atoms with Crippen LogP contribution in [0.25, 0.3) is 0 Å². The number of nitrogens with two attached hydrogens (primary N) is 1. The lowest BCUT2D eigenvalue weighted by Crippen LogP contribution is -2.45. The van der Waals surface area contributed by atoms with Gasteiger partial charge in [-0.25, -0.2) is 0 Å². The zero-order valence-corrected chi connectivity index (χ0v) is 14.7. The van der Waals surface area contributed by atoms with Gasteiger partial charge in [-0.2, -0.15) is 0 Å². The van der Waals surface area contributed by atoms with E-state index in [2.05, 4.69) is 5.32 Å². The molecule has 2 amide bonds. The van der Waals surface area contributed by atoms with Gasteiger partial charge in [0, 0.05) is 31.7 Å². The van der Waals surface area contributed by atoms with Crippen LogP contribution in [0.1, 0.15) is 41.6 Å². The number of rotatable bonds is 5. The van der Waals surface area contributed by atoms with Crippen LogP contribution in [0.2, 0.25) is 0 Å². The second kappa shape index (κ2) is 8.49. The van der Waals surface area contributed by atoms with E-state index in [0.717, 1.165) is 31.5 Å². The SMILES string of the molecule is Cl.NCc1ccc(C(=O)N2CCCC(C(=O)NCC3CC3)C2)cc1. The molecule has 132 valence electrons. The maximum atomic E-state index is 12.6. The summed E-state index contributed by atoms with van der Waals surface area (Å²) in [6, 6.07) is 7.41. The highest BCUT2D eigenvalue weighted by atomic mass is 35.5. The first-order valence-corrected chi connectivity index (χ1v) is 8.53. The van der Waals surface area contributed by atoms with Crippen molar-refractivity contribution < 1.29 is 9.59 Å². The Labute approximate surface area is 149 Å². The fourth-order valence-electron chi connectivity index (χ4n) is 3.05. The van der Waals surface area contributed by atoms with Crippen molar-refractivity contribution in [2.75, 3.05) is 19.6 Å². The Balaban J connectivity index is 0.00000208. The first kappa shape index (κ1) is 18.7. The third-order valence-electron chi connectivity index (χ3n) is 4.78. The smallest absolute Gasteiger partial charge is 0.253 e. The van der Waals surface area contributed by atoms with Crippen molar-refractivity contribution in [2.45, 2.75) is 32.2 Å². The Morgan fingerprint density at radius 1 is 1.17 bits per heavy atom. The monoisotopic (exact) mass is 351 g/mol. The second-order valence-corrected chi connectivity index (χ2v) is 6.68. The molecule has 0 aromatic heterocycles. The molecule has 3 N–H and O–H groups in total. The Morgan fingerprint density at radius 3 is 2.50 bits per heavy atom. The highest BCUT2D eigenvalue weighted by Gasteiger charge is 2.30. The van der Waals surface area contributed by atoms with Gasteiger partial charge in [0.15, 0.2) is 0 Å². The maximum absolute atomic E-state index is 12.6. The number of halogens is 1. The van der Waals surface area contributed by atoms with E-state index in [9.17, 15) is 9.59 Å². The number of hydrogen-bond donors (Lipinski definition) is 2. The molecule has 1 saturated heterocycles. The lowest BCUT2D eigenvalue weighted by molar-refractivity contribution is -0.126. The molecule has 0 spiro atoms. The fraction of sp³-hybridized carbons (Fsp3) is 0.556. The number of carbonyl (C=O) groups is 2. The highest BCUT2D eigenvalue weighted by Crippen LogP contribution is 2.28. The number of carbonyl (C=O) groups excluding carboxylic acids is 2. The molecule has 1 aliphatic carbocycles. The summed E-state index contributed by atoms with van der Waals surface area (Å²) in [4.78, 5) is 26.7. The van der Waals surface area contributed by atoms with E-state index in [-0.39, 0.29) is 30.1 Å². The third kappa shape index (κ3) is 4.71. The van der Waals surface area contributed by atoms with E-state index in [1.54, 1.807) is 0 Å². The zero-order chi connectivity index (χ0) is 16.2. The average molecular weight is 352 g/mol. The van der Waals surface area contributed by atoms with Crippen molar-refractivity contribution in [3.63, 3.8) is 0 Å². The summed E-state index contributed by atoms with van der Waals surface area (Å²) in [5.41, 5.74) is 7.26. The summed E-state index contributed by atoms with van der Waals surface area (Å²) >= 11 is 0. The minimum atomic E-state index is -0.0743. The molecule has 2 aliphatic rings. The van der Waals surface area contributed by atoms with Gasteiger partial charge in [-0.3, -0.25) is 9.59 Å². The normalized spacial score (nSPS) is 20.2. The predicted octanol–water partition coefficient (Wildman–Crippen LogP) is 1.95.